The zero-order valence-corrected chi connectivity index (χ0v) is 14.4. The smallest absolute Gasteiger partial charge is 0.227 e. The van der Waals surface area contributed by atoms with Crippen LogP contribution in [0.2, 0.25) is 0 Å². The van der Waals surface area contributed by atoms with Gasteiger partial charge in [0.1, 0.15) is 5.75 Å². The van der Waals surface area contributed by atoms with Crippen LogP contribution in [0.4, 0.5) is 5.82 Å². The van der Waals surface area contributed by atoms with Crippen LogP contribution in [-0.4, -0.2) is 35.3 Å². The molecule has 0 saturated carbocycles. The number of amides is 1. The van der Waals surface area contributed by atoms with Gasteiger partial charge in [0.15, 0.2) is 11.6 Å². The first-order valence-corrected chi connectivity index (χ1v) is 7.95. The van der Waals surface area contributed by atoms with Crippen molar-refractivity contribution in [2.45, 2.75) is 12.8 Å². The standard InChI is InChI=1S/C18H18N4O4/c1-24-13-7-5-12(6-8-13)17-21-16(26-22-17)10-9-15(23)20-18-14(25-2)4-3-11-19-18/h3-8,11H,9-10H2,1-2H3,(H,19,20,23). The molecule has 1 amide bonds. The van der Waals surface area contributed by atoms with E-state index in [9.17, 15) is 4.79 Å². The fourth-order valence-corrected chi connectivity index (χ4v) is 2.28. The summed E-state index contributed by atoms with van der Waals surface area (Å²) in [6.45, 7) is 0. The van der Waals surface area contributed by atoms with E-state index in [1.165, 1.54) is 7.11 Å². The first-order chi connectivity index (χ1) is 12.7. The number of rotatable bonds is 7. The zero-order chi connectivity index (χ0) is 18.4. The number of ether oxygens (including phenoxy) is 2. The van der Waals surface area contributed by atoms with Crippen LogP contribution in [0.15, 0.2) is 47.1 Å². The van der Waals surface area contributed by atoms with Crippen molar-refractivity contribution >= 4 is 11.7 Å². The quantitative estimate of drug-likeness (QED) is 0.696. The first kappa shape index (κ1) is 17.4. The van der Waals surface area contributed by atoms with Gasteiger partial charge in [0, 0.05) is 24.6 Å². The van der Waals surface area contributed by atoms with E-state index in [2.05, 4.69) is 20.4 Å². The predicted octanol–water partition coefficient (Wildman–Crippen LogP) is 2.72. The Morgan fingerprint density at radius 3 is 2.69 bits per heavy atom. The number of aromatic nitrogens is 3. The van der Waals surface area contributed by atoms with Crippen molar-refractivity contribution in [3.63, 3.8) is 0 Å². The molecular weight excluding hydrogens is 336 g/mol. The molecule has 26 heavy (non-hydrogen) atoms. The number of hydrogen-bond acceptors (Lipinski definition) is 7. The van der Waals surface area contributed by atoms with Gasteiger partial charge in [-0.25, -0.2) is 4.98 Å². The molecule has 0 spiro atoms. The second-order valence-electron chi connectivity index (χ2n) is 5.34. The van der Waals surface area contributed by atoms with Crippen molar-refractivity contribution in [1.29, 1.82) is 0 Å². The summed E-state index contributed by atoms with van der Waals surface area (Å²) in [6.07, 6.45) is 2.09. The van der Waals surface area contributed by atoms with Crippen LogP contribution < -0.4 is 14.8 Å². The van der Waals surface area contributed by atoms with Gasteiger partial charge in [-0.2, -0.15) is 4.98 Å². The minimum absolute atomic E-state index is 0.184. The van der Waals surface area contributed by atoms with Crippen LogP contribution >= 0.6 is 0 Å². The minimum Gasteiger partial charge on any atom is -0.497 e. The van der Waals surface area contributed by atoms with Crippen molar-refractivity contribution in [3.05, 3.63) is 48.5 Å². The van der Waals surface area contributed by atoms with E-state index in [1.54, 1.807) is 25.4 Å². The van der Waals surface area contributed by atoms with E-state index < -0.39 is 0 Å². The molecule has 8 nitrogen and oxygen atoms in total. The highest BCUT2D eigenvalue weighted by molar-refractivity contribution is 5.91. The SMILES string of the molecule is COc1ccc(-c2noc(CCC(=O)Nc3ncccc3OC)n2)cc1. The van der Waals surface area contributed by atoms with Crippen molar-refractivity contribution < 1.29 is 18.8 Å². The molecular formula is C18H18N4O4. The van der Waals surface area contributed by atoms with Crippen LogP contribution in [0.1, 0.15) is 12.3 Å². The Labute approximate surface area is 150 Å². The van der Waals surface area contributed by atoms with Gasteiger partial charge >= 0.3 is 0 Å². The molecule has 0 aliphatic rings. The van der Waals surface area contributed by atoms with Gasteiger partial charge in [-0.05, 0) is 36.4 Å². The van der Waals surface area contributed by atoms with Gasteiger partial charge < -0.3 is 19.3 Å². The van der Waals surface area contributed by atoms with Gasteiger partial charge in [-0.1, -0.05) is 5.16 Å². The number of aryl methyl sites for hydroxylation is 1. The Morgan fingerprint density at radius 1 is 1.15 bits per heavy atom. The number of carbonyl (C=O) groups excluding carboxylic acids is 1. The largest absolute Gasteiger partial charge is 0.497 e. The van der Waals surface area contributed by atoms with E-state index in [0.717, 1.165) is 11.3 Å². The lowest BCUT2D eigenvalue weighted by Gasteiger charge is -2.07. The van der Waals surface area contributed by atoms with Gasteiger partial charge in [0.05, 0.1) is 14.2 Å². The number of carbonyl (C=O) groups is 1. The Bertz CT molecular complexity index is 877. The van der Waals surface area contributed by atoms with Crippen LogP contribution in [0.25, 0.3) is 11.4 Å². The lowest BCUT2D eigenvalue weighted by Crippen LogP contribution is -2.14. The van der Waals surface area contributed by atoms with E-state index in [-0.39, 0.29) is 12.3 Å². The Hall–Kier alpha value is -3.42. The lowest BCUT2D eigenvalue weighted by atomic mass is 10.2. The molecule has 1 aromatic carbocycles. The van der Waals surface area contributed by atoms with E-state index >= 15 is 0 Å². The zero-order valence-electron chi connectivity index (χ0n) is 14.4. The molecule has 0 fully saturated rings. The summed E-state index contributed by atoms with van der Waals surface area (Å²) in [6, 6.07) is 10.8. The molecule has 0 radical (unpaired) electrons. The summed E-state index contributed by atoms with van der Waals surface area (Å²) >= 11 is 0. The van der Waals surface area contributed by atoms with E-state index in [1.807, 2.05) is 24.3 Å². The summed E-state index contributed by atoms with van der Waals surface area (Å²) in [7, 11) is 3.12. The molecule has 2 aromatic heterocycles. The molecule has 0 bridgehead atoms. The summed E-state index contributed by atoms with van der Waals surface area (Å²) in [5.74, 6) is 2.27. The van der Waals surface area contributed by atoms with Crippen LogP contribution in [0, 0.1) is 0 Å². The van der Waals surface area contributed by atoms with Crippen molar-refractivity contribution in [2.75, 3.05) is 19.5 Å². The molecule has 2 heterocycles. The number of anilines is 1. The van der Waals surface area contributed by atoms with Gasteiger partial charge in [-0.15, -0.1) is 0 Å². The Kier molecular flexibility index (Phi) is 5.43. The maximum atomic E-state index is 12.1. The normalized spacial score (nSPS) is 10.4. The van der Waals surface area contributed by atoms with Gasteiger partial charge in [0.2, 0.25) is 17.6 Å². The second kappa shape index (κ2) is 8.11. The maximum Gasteiger partial charge on any atom is 0.227 e. The highest BCUT2D eigenvalue weighted by atomic mass is 16.5. The topological polar surface area (TPSA) is 99.4 Å². The third kappa shape index (κ3) is 4.15. The minimum atomic E-state index is -0.216. The third-order valence-electron chi connectivity index (χ3n) is 3.63. The fraction of sp³-hybridized carbons (Fsp3) is 0.222. The second-order valence-corrected chi connectivity index (χ2v) is 5.34. The molecule has 0 unspecified atom stereocenters. The number of nitrogens with one attached hydrogen (secondary N) is 1. The highest BCUT2D eigenvalue weighted by Crippen LogP contribution is 2.21. The molecule has 3 rings (SSSR count). The molecule has 0 aliphatic carbocycles. The van der Waals surface area contributed by atoms with Crippen LogP contribution in [0.5, 0.6) is 11.5 Å². The van der Waals surface area contributed by atoms with Gasteiger partial charge in [-0.3, -0.25) is 4.79 Å². The summed E-state index contributed by atoms with van der Waals surface area (Å²) in [5.41, 5.74) is 0.809. The number of hydrogen-bond donors (Lipinski definition) is 1. The van der Waals surface area contributed by atoms with E-state index in [0.29, 0.717) is 29.7 Å². The molecule has 0 saturated heterocycles. The molecule has 8 heteroatoms. The Morgan fingerprint density at radius 2 is 1.96 bits per heavy atom. The predicted molar refractivity (Wildman–Crippen MR) is 94.0 cm³/mol. The van der Waals surface area contributed by atoms with E-state index in [4.69, 9.17) is 14.0 Å². The highest BCUT2D eigenvalue weighted by Gasteiger charge is 2.12. The number of methoxy groups -OCH3 is 2. The molecule has 1 N–H and O–H groups in total. The summed E-state index contributed by atoms with van der Waals surface area (Å²) in [4.78, 5) is 20.5. The van der Waals surface area contributed by atoms with Crippen molar-refractivity contribution in [3.8, 4) is 22.9 Å². The molecule has 134 valence electrons. The average molecular weight is 354 g/mol. The van der Waals surface area contributed by atoms with Crippen molar-refractivity contribution in [1.82, 2.24) is 15.1 Å². The summed E-state index contributed by atoms with van der Waals surface area (Å²) in [5, 5.41) is 6.64. The number of nitrogens with zero attached hydrogens (tertiary/aromatic N) is 3. The van der Waals surface area contributed by atoms with Crippen LogP contribution in [-0.2, 0) is 11.2 Å². The lowest BCUT2D eigenvalue weighted by molar-refractivity contribution is -0.116. The molecule has 0 atom stereocenters. The average Bonchev–Trinajstić information content (AvgIpc) is 3.16. The summed E-state index contributed by atoms with van der Waals surface area (Å²) < 4.78 is 15.5. The first-order valence-electron chi connectivity index (χ1n) is 7.95. The maximum absolute atomic E-state index is 12.1. The molecule has 0 aliphatic heterocycles. The van der Waals surface area contributed by atoms with Gasteiger partial charge in [0.25, 0.3) is 0 Å². The number of pyridine rings is 1. The monoisotopic (exact) mass is 354 g/mol. The van der Waals surface area contributed by atoms with Crippen LogP contribution in [0.3, 0.4) is 0 Å². The Balaban J connectivity index is 1.58. The number of benzene rings is 1. The fourth-order valence-electron chi connectivity index (χ4n) is 2.28. The van der Waals surface area contributed by atoms with Crippen molar-refractivity contribution in [2.24, 2.45) is 0 Å². The molecule has 3 aromatic rings. The third-order valence-corrected chi connectivity index (χ3v) is 3.63.